The third kappa shape index (κ3) is 2.53. The highest BCUT2D eigenvalue weighted by Crippen LogP contribution is 2.15. The fourth-order valence-corrected chi connectivity index (χ4v) is 1.63. The predicted molar refractivity (Wildman–Crippen MR) is 67.3 cm³/mol. The van der Waals surface area contributed by atoms with Crippen molar-refractivity contribution in [2.24, 2.45) is 0 Å². The molecule has 0 spiro atoms. The van der Waals surface area contributed by atoms with Crippen molar-refractivity contribution in [3.05, 3.63) is 41.6 Å². The fourth-order valence-electron chi connectivity index (χ4n) is 1.63. The van der Waals surface area contributed by atoms with Gasteiger partial charge in [0.05, 0.1) is 5.52 Å². The van der Waals surface area contributed by atoms with Crippen LogP contribution in [0.15, 0.2) is 30.3 Å². The average molecular weight is 240 g/mol. The summed E-state index contributed by atoms with van der Waals surface area (Å²) >= 11 is 0. The van der Waals surface area contributed by atoms with Gasteiger partial charge in [0.15, 0.2) is 5.78 Å². The highest BCUT2D eigenvalue weighted by Gasteiger charge is 2.07. The molecule has 0 aliphatic rings. The summed E-state index contributed by atoms with van der Waals surface area (Å²) in [5, 5.41) is 9.70. The highest BCUT2D eigenvalue weighted by molar-refractivity contribution is 6.00. The molecule has 0 aliphatic carbocycles. The summed E-state index contributed by atoms with van der Waals surface area (Å²) in [6, 6.07) is 10.7. The zero-order chi connectivity index (χ0) is 13.0. The van der Waals surface area contributed by atoms with Gasteiger partial charge in [0.1, 0.15) is 18.4 Å². The maximum atomic E-state index is 11.8. The molecular weight excluding hydrogens is 228 g/mol. The van der Waals surface area contributed by atoms with E-state index >= 15 is 0 Å². The molecule has 0 bridgehead atoms. The van der Waals surface area contributed by atoms with Crippen LogP contribution < -0.4 is 0 Å². The number of nitriles is 1. The number of rotatable bonds is 4. The SMILES string of the molecule is CCOCC(=O)c1ccc2ccc(C#N)nc2c1. The lowest BCUT2D eigenvalue weighted by atomic mass is 10.1. The molecule has 0 aliphatic heterocycles. The molecule has 4 heteroatoms. The van der Waals surface area contributed by atoms with Gasteiger partial charge >= 0.3 is 0 Å². The van der Waals surface area contributed by atoms with E-state index < -0.39 is 0 Å². The van der Waals surface area contributed by atoms with E-state index in [4.69, 9.17) is 10.00 Å². The lowest BCUT2D eigenvalue weighted by Crippen LogP contribution is -2.08. The molecule has 0 N–H and O–H groups in total. The number of Topliss-reactive ketones (excluding diaryl/α,β-unsaturated/α-hetero) is 1. The van der Waals surface area contributed by atoms with E-state index in [1.54, 1.807) is 18.2 Å². The number of aromatic nitrogens is 1. The van der Waals surface area contributed by atoms with Crippen LogP contribution in [0.4, 0.5) is 0 Å². The van der Waals surface area contributed by atoms with Crippen LogP contribution in [0, 0.1) is 11.3 Å². The van der Waals surface area contributed by atoms with Gasteiger partial charge < -0.3 is 4.74 Å². The molecule has 2 rings (SSSR count). The fraction of sp³-hybridized carbons (Fsp3) is 0.214. The van der Waals surface area contributed by atoms with Gasteiger partial charge in [-0.25, -0.2) is 4.98 Å². The number of carbonyl (C=O) groups excluding carboxylic acids is 1. The first-order chi connectivity index (χ1) is 8.74. The summed E-state index contributed by atoms with van der Waals surface area (Å²) in [5.41, 5.74) is 1.55. The third-order valence-electron chi connectivity index (χ3n) is 2.57. The number of hydrogen-bond acceptors (Lipinski definition) is 4. The predicted octanol–water partition coefficient (Wildman–Crippen LogP) is 2.33. The number of ether oxygens (including phenoxy) is 1. The minimum absolute atomic E-state index is 0.0694. The van der Waals surface area contributed by atoms with E-state index in [1.807, 2.05) is 25.1 Å². The van der Waals surface area contributed by atoms with Gasteiger partial charge in [-0.1, -0.05) is 12.1 Å². The van der Waals surface area contributed by atoms with E-state index in [2.05, 4.69) is 4.98 Å². The molecule has 0 saturated carbocycles. The number of nitrogens with zero attached hydrogens (tertiary/aromatic N) is 2. The molecule has 0 atom stereocenters. The lowest BCUT2D eigenvalue weighted by molar-refractivity contribution is 0.0783. The van der Waals surface area contributed by atoms with Gasteiger partial charge in [0, 0.05) is 17.6 Å². The zero-order valence-corrected chi connectivity index (χ0v) is 10.0. The molecule has 18 heavy (non-hydrogen) atoms. The molecule has 90 valence electrons. The van der Waals surface area contributed by atoms with Gasteiger partial charge in [0.25, 0.3) is 0 Å². The number of carbonyl (C=O) groups is 1. The Morgan fingerprint density at radius 1 is 1.39 bits per heavy atom. The van der Waals surface area contributed by atoms with Crippen molar-refractivity contribution in [3.63, 3.8) is 0 Å². The van der Waals surface area contributed by atoms with Crippen molar-refractivity contribution in [2.45, 2.75) is 6.92 Å². The summed E-state index contributed by atoms with van der Waals surface area (Å²) in [4.78, 5) is 15.9. The van der Waals surface area contributed by atoms with Crippen LogP contribution in [0.25, 0.3) is 10.9 Å². The smallest absolute Gasteiger partial charge is 0.188 e. The van der Waals surface area contributed by atoms with Gasteiger partial charge in [-0.3, -0.25) is 4.79 Å². The monoisotopic (exact) mass is 240 g/mol. The third-order valence-corrected chi connectivity index (χ3v) is 2.57. The highest BCUT2D eigenvalue weighted by atomic mass is 16.5. The Kier molecular flexibility index (Phi) is 3.66. The standard InChI is InChI=1S/C14H12N2O2/c1-2-18-9-14(17)11-4-3-10-5-6-12(8-15)16-13(10)7-11/h3-7H,2,9H2,1H3. The molecular formula is C14H12N2O2. The molecule has 0 fully saturated rings. The minimum atomic E-state index is -0.0806. The first-order valence-electron chi connectivity index (χ1n) is 5.66. The molecule has 2 aromatic rings. The number of ketones is 1. The summed E-state index contributed by atoms with van der Waals surface area (Å²) in [7, 11) is 0. The molecule has 0 saturated heterocycles. The largest absolute Gasteiger partial charge is 0.374 e. The summed E-state index contributed by atoms with van der Waals surface area (Å²) in [6.45, 7) is 2.42. The Bertz CT molecular complexity index is 629. The average Bonchev–Trinajstić information content (AvgIpc) is 2.43. The van der Waals surface area contributed by atoms with Gasteiger partial charge in [-0.05, 0) is 25.1 Å². The molecule has 1 aromatic heterocycles. The van der Waals surface area contributed by atoms with E-state index in [9.17, 15) is 4.79 Å². The summed E-state index contributed by atoms with van der Waals surface area (Å²) in [5.74, 6) is -0.0806. The second-order valence-electron chi connectivity index (χ2n) is 3.78. The second kappa shape index (κ2) is 5.39. The maximum absolute atomic E-state index is 11.8. The molecule has 0 amide bonds. The lowest BCUT2D eigenvalue weighted by Gasteiger charge is -2.03. The van der Waals surface area contributed by atoms with Gasteiger partial charge in [0.2, 0.25) is 0 Å². The Balaban J connectivity index is 2.37. The first-order valence-corrected chi connectivity index (χ1v) is 5.66. The molecule has 1 heterocycles. The number of hydrogen-bond donors (Lipinski definition) is 0. The Hall–Kier alpha value is -2.25. The van der Waals surface area contributed by atoms with E-state index in [1.165, 1.54) is 0 Å². The van der Waals surface area contributed by atoms with Crippen LogP contribution in [-0.2, 0) is 4.74 Å². The Labute approximate surface area is 105 Å². The van der Waals surface area contributed by atoms with Crippen molar-refractivity contribution >= 4 is 16.7 Å². The van der Waals surface area contributed by atoms with E-state index in [0.717, 1.165) is 5.39 Å². The van der Waals surface area contributed by atoms with Crippen LogP contribution >= 0.6 is 0 Å². The van der Waals surface area contributed by atoms with Crippen LogP contribution in [-0.4, -0.2) is 24.0 Å². The molecule has 0 unspecified atom stereocenters. The van der Waals surface area contributed by atoms with E-state index in [0.29, 0.717) is 23.4 Å². The second-order valence-corrected chi connectivity index (χ2v) is 3.78. The molecule has 0 radical (unpaired) electrons. The molecule has 1 aromatic carbocycles. The molecule has 4 nitrogen and oxygen atoms in total. The Morgan fingerprint density at radius 3 is 2.89 bits per heavy atom. The van der Waals surface area contributed by atoms with Crippen LogP contribution in [0.2, 0.25) is 0 Å². The van der Waals surface area contributed by atoms with Crippen molar-refractivity contribution < 1.29 is 9.53 Å². The maximum Gasteiger partial charge on any atom is 0.188 e. The number of fused-ring (bicyclic) bond motifs is 1. The topological polar surface area (TPSA) is 63.0 Å². The van der Waals surface area contributed by atoms with Crippen molar-refractivity contribution in [1.29, 1.82) is 5.26 Å². The summed E-state index contributed by atoms with van der Waals surface area (Å²) in [6.07, 6.45) is 0. The number of benzene rings is 1. The van der Waals surface area contributed by atoms with Crippen molar-refractivity contribution in [2.75, 3.05) is 13.2 Å². The van der Waals surface area contributed by atoms with Crippen LogP contribution in [0.1, 0.15) is 23.0 Å². The zero-order valence-electron chi connectivity index (χ0n) is 10.0. The van der Waals surface area contributed by atoms with Gasteiger partial charge in [-0.2, -0.15) is 5.26 Å². The first kappa shape index (κ1) is 12.2. The Morgan fingerprint density at radius 2 is 2.17 bits per heavy atom. The van der Waals surface area contributed by atoms with Crippen molar-refractivity contribution in [1.82, 2.24) is 4.98 Å². The van der Waals surface area contributed by atoms with Crippen molar-refractivity contribution in [3.8, 4) is 6.07 Å². The number of pyridine rings is 1. The summed E-state index contributed by atoms with van der Waals surface area (Å²) < 4.78 is 5.08. The van der Waals surface area contributed by atoms with Crippen LogP contribution in [0.5, 0.6) is 0 Å². The van der Waals surface area contributed by atoms with E-state index in [-0.39, 0.29) is 12.4 Å². The van der Waals surface area contributed by atoms with Crippen LogP contribution in [0.3, 0.4) is 0 Å². The normalized spacial score (nSPS) is 10.2. The quantitative estimate of drug-likeness (QED) is 0.769. The van der Waals surface area contributed by atoms with Gasteiger partial charge in [-0.15, -0.1) is 0 Å². The minimum Gasteiger partial charge on any atom is -0.374 e.